The molecule has 4 rings (SSSR count). The number of hydrogen-bond acceptors (Lipinski definition) is 8. The minimum atomic E-state index is -1.86. The number of piperidine rings is 1. The van der Waals surface area contributed by atoms with Crippen LogP contribution in [0.15, 0.2) is 30.3 Å². The molecule has 32 heavy (non-hydrogen) atoms. The van der Waals surface area contributed by atoms with Crippen molar-refractivity contribution in [1.82, 2.24) is 25.9 Å². The second-order valence-corrected chi connectivity index (χ2v) is 8.36. The number of hydrogen-bond donors (Lipinski definition) is 2. The Balaban J connectivity index is 1.25. The predicted molar refractivity (Wildman–Crippen MR) is 116 cm³/mol. The van der Waals surface area contributed by atoms with Gasteiger partial charge in [-0.1, -0.05) is 29.8 Å². The number of aromatic amines is 1. The van der Waals surface area contributed by atoms with Crippen molar-refractivity contribution in [2.45, 2.75) is 51.0 Å². The normalized spacial score (nSPS) is 30.2. The molecule has 1 aromatic heterocycles. The molecule has 2 N–H and O–H groups in total. The van der Waals surface area contributed by atoms with E-state index >= 15 is 0 Å². The van der Waals surface area contributed by atoms with Gasteiger partial charge in [-0.2, -0.15) is 5.21 Å². The van der Waals surface area contributed by atoms with Crippen molar-refractivity contribution in [3.63, 3.8) is 0 Å². The van der Waals surface area contributed by atoms with Crippen LogP contribution >= 0.6 is 0 Å². The molecule has 1 saturated carbocycles. The molecule has 0 bridgehead atoms. The second kappa shape index (κ2) is 11.2. The molecule has 9 heteroatoms. The fourth-order valence-electron chi connectivity index (χ4n) is 4.42. The van der Waals surface area contributed by atoms with Crippen LogP contribution in [0.1, 0.15) is 58.8 Å². The number of esters is 2. The van der Waals surface area contributed by atoms with Gasteiger partial charge in [-0.05, 0) is 62.1 Å². The van der Waals surface area contributed by atoms with Gasteiger partial charge in [-0.15, -0.1) is 10.2 Å². The Morgan fingerprint density at radius 3 is 2.78 bits per heavy atom. The summed E-state index contributed by atoms with van der Waals surface area (Å²) in [6, 6.07) is 6.75. The smallest absolute Gasteiger partial charge is 0.338 e. The van der Waals surface area contributed by atoms with E-state index in [1.54, 1.807) is 30.3 Å². The third kappa shape index (κ3) is 6.12. The molecule has 0 spiro atoms. The number of aryl methyl sites for hydroxylation is 1. The van der Waals surface area contributed by atoms with Gasteiger partial charge in [0.15, 0.2) is 5.82 Å². The Labute approximate surface area is 191 Å². The summed E-state index contributed by atoms with van der Waals surface area (Å²) in [5, 5.41) is 16.6. The van der Waals surface area contributed by atoms with Crippen LogP contribution in [-0.4, -0.2) is 58.3 Å². The summed E-state index contributed by atoms with van der Waals surface area (Å²) < 4.78 is 36.2. The van der Waals surface area contributed by atoms with Crippen molar-refractivity contribution in [3.05, 3.63) is 41.7 Å². The summed E-state index contributed by atoms with van der Waals surface area (Å²) in [6.45, 7) is -1.78. The van der Waals surface area contributed by atoms with Crippen LogP contribution in [-0.2, 0) is 20.7 Å². The average molecular weight is 445 g/mol. The molecule has 0 amide bonds. The number of tetrazole rings is 1. The Hall–Kier alpha value is -2.81. The molecule has 2 aromatic rings. The maximum Gasteiger partial charge on any atom is 0.338 e. The van der Waals surface area contributed by atoms with Crippen LogP contribution in [0.25, 0.3) is 0 Å². The van der Waals surface area contributed by atoms with Gasteiger partial charge in [-0.3, -0.25) is 4.79 Å². The quantitative estimate of drug-likeness (QED) is 0.447. The Kier molecular flexibility index (Phi) is 6.54. The van der Waals surface area contributed by atoms with E-state index in [-0.39, 0.29) is 37.9 Å². The maximum atomic E-state index is 12.8. The minimum absolute atomic E-state index is 0.0202. The number of H-pyrrole nitrogens is 1. The zero-order chi connectivity index (χ0) is 24.9. The Morgan fingerprint density at radius 2 is 1.97 bits per heavy atom. The third-order valence-corrected chi connectivity index (χ3v) is 6.14. The third-order valence-electron chi connectivity index (χ3n) is 6.14. The second-order valence-electron chi connectivity index (χ2n) is 8.36. The topological polar surface area (TPSA) is 119 Å². The standard InChI is InChI=1S/C23H31N5O4/c29-22(17-5-2-1-3-6-17)31-11-4-12-32-23(30)20-14-19-13-16(7-9-18(19)15-24-20)8-10-21-25-27-28-26-21/h1-3,5-6,16,18-20,24H,4,7-15H2,(H,25,26,27,28)/t16-,18+,19-,20+/m1/s1/i15D2,20D. The zero-order valence-electron chi connectivity index (χ0n) is 21.0. The van der Waals surface area contributed by atoms with Gasteiger partial charge in [0, 0.05) is 15.6 Å². The summed E-state index contributed by atoms with van der Waals surface area (Å²) in [5.41, 5.74) is 0.445. The molecular formula is C23H31N5O4. The van der Waals surface area contributed by atoms with Gasteiger partial charge in [0.1, 0.15) is 6.02 Å². The number of ether oxygens (including phenoxy) is 2. The van der Waals surface area contributed by atoms with E-state index in [9.17, 15) is 9.59 Å². The lowest BCUT2D eigenvalue weighted by molar-refractivity contribution is -0.148. The van der Waals surface area contributed by atoms with Gasteiger partial charge in [0.2, 0.25) is 0 Å². The number of fused-ring (bicyclic) bond motifs is 1. The van der Waals surface area contributed by atoms with E-state index in [0.29, 0.717) is 30.1 Å². The summed E-state index contributed by atoms with van der Waals surface area (Å²) in [6.07, 6.45) is 4.35. The van der Waals surface area contributed by atoms with Crippen molar-refractivity contribution in [1.29, 1.82) is 0 Å². The van der Waals surface area contributed by atoms with Gasteiger partial charge >= 0.3 is 11.9 Å². The van der Waals surface area contributed by atoms with Crippen LogP contribution in [0, 0.1) is 17.8 Å². The number of nitrogens with one attached hydrogen (secondary N) is 2. The van der Waals surface area contributed by atoms with E-state index in [2.05, 4.69) is 25.9 Å². The molecule has 0 radical (unpaired) electrons. The number of benzene rings is 1. The number of nitrogens with zero attached hydrogens (tertiary/aromatic N) is 3. The molecule has 1 aliphatic carbocycles. The maximum absolute atomic E-state index is 12.8. The fraction of sp³-hybridized carbons (Fsp3) is 0.609. The highest BCUT2D eigenvalue weighted by Gasteiger charge is 2.38. The van der Waals surface area contributed by atoms with Crippen molar-refractivity contribution in [2.24, 2.45) is 17.8 Å². The van der Waals surface area contributed by atoms with E-state index in [0.717, 1.165) is 19.3 Å². The van der Waals surface area contributed by atoms with Crippen molar-refractivity contribution in [3.8, 4) is 0 Å². The van der Waals surface area contributed by atoms with Crippen molar-refractivity contribution < 1.29 is 23.2 Å². The van der Waals surface area contributed by atoms with Gasteiger partial charge in [0.25, 0.3) is 0 Å². The fourth-order valence-corrected chi connectivity index (χ4v) is 4.42. The van der Waals surface area contributed by atoms with E-state index in [4.69, 9.17) is 13.6 Å². The average Bonchev–Trinajstić information content (AvgIpc) is 3.36. The molecule has 172 valence electrons. The number of carbonyl (C=O) groups excluding carboxylic acids is 2. The molecular weight excluding hydrogens is 410 g/mol. The molecule has 1 aromatic carbocycles. The highest BCUT2D eigenvalue weighted by molar-refractivity contribution is 5.89. The van der Waals surface area contributed by atoms with Crippen LogP contribution < -0.4 is 5.32 Å². The number of rotatable bonds is 9. The molecule has 4 atom stereocenters. The van der Waals surface area contributed by atoms with Gasteiger partial charge < -0.3 is 14.8 Å². The molecule has 2 aliphatic rings. The SMILES string of the molecule is [2H]C1([2H])N[C@]([2H])(C(=O)OCCCOC(=O)c2ccccc2)C[C@H]2C[C@@H](CCc3nn[nH]n3)CC[C@H]21. The molecule has 2 heterocycles. The molecule has 1 aliphatic heterocycles. The summed E-state index contributed by atoms with van der Waals surface area (Å²) in [4.78, 5) is 24.8. The number of carbonyl (C=O) groups is 2. The molecule has 9 nitrogen and oxygen atoms in total. The molecule has 1 saturated heterocycles. The van der Waals surface area contributed by atoms with Gasteiger partial charge in [0.05, 0.1) is 20.1 Å². The van der Waals surface area contributed by atoms with Crippen LogP contribution in [0.2, 0.25) is 0 Å². The van der Waals surface area contributed by atoms with Crippen LogP contribution in [0.3, 0.4) is 0 Å². The summed E-state index contributed by atoms with van der Waals surface area (Å²) in [7, 11) is 0. The minimum Gasteiger partial charge on any atom is -0.464 e. The van der Waals surface area contributed by atoms with Gasteiger partial charge in [-0.25, -0.2) is 4.79 Å². The first-order valence-electron chi connectivity index (χ1n) is 12.7. The van der Waals surface area contributed by atoms with E-state index in [1.807, 2.05) is 0 Å². The number of aromatic nitrogens is 4. The van der Waals surface area contributed by atoms with Crippen LogP contribution in [0.4, 0.5) is 0 Å². The van der Waals surface area contributed by atoms with E-state index in [1.165, 1.54) is 0 Å². The first-order valence-corrected chi connectivity index (χ1v) is 11.2. The van der Waals surface area contributed by atoms with Crippen molar-refractivity contribution >= 4 is 11.9 Å². The predicted octanol–water partition coefficient (Wildman–Crippen LogP) is 2.32. The Morgan fingerprint density at radius 1 is 1.12 bits per heavy atom. The highest BCUT2D eigenvalue weighted by atomic mass is 16.5. The zero-order valence-corrected chi connectivity index (χ0v) is 18.0. The summed E-state index contributed by atoms with van der Waals surface area (Å²) in [5.74, 6) is -0.611. The Bertz CT molecular complexity index is 994. The first kappa shape index (κ1) is 18.7. The lowest BCUT2D eigenvalue weighted by atomic mass is 9.69. The highest BCUT2D eigenvalue weighted by Crippen LogP contribution is 2.40. The lowest BCUT2D eigenvalue weighted by Gasteiger charge is -2.42. The lowest BCUT2D eigenvalue weighted by Crippen LogP contribution is -2.50. The van der Waals surface area contributed by atoms with Crippen LogP contribution in [0.5, 0.6) is 0 Å². The van der Waals surface area contributed by atoms with E-state index < -0.39 is 24.5 Å². The largest absolute Gasteiger partial charge is 0.464 e. The molecule has 2 fully saturated rings. The van der Waals surface area contributed by atoms with Crippen molar-refractivity contribution in [2.75, 3.05) is 19.7 Å². The first-order chi connectivity index (χ1) is 16.8. The summed E-state index contributed by atoms with van der Waals surface area (Å²) >= 11 is 0. The molecule has 0 unspecified atom stereocenters. The monoisotopic (exact) mass is 444 g/mol.